The van der Waals surface area contributed by atoms with Crippen molar-refractivity contribution in [2.45, 2.75) is 32.7 Å². The van der Waals surface area contributed by atoms with Crippen LogP contribution < -0.4 is 5.32 Å². The predicted octanol–water partition coefficient (Wildman–Crippen LogP) is 1.32. The Morgan fingerprint density at radius 3 is 2.32 bits per heavy atom. The van der Waals surface area contributed by atoms with Gasteiger partial charge in [-0.3, -0.25) is 14.4 Å². The van der Waals surface area contributed by atoms with Crippen LogP contribution in [0, 0.1) is 5.92 Å². The summed E-state index contributed by atoms with van der Waals surface area (Å²) in [5, 5.41) is 2.38. The number of hydrogen-bond donors (Lipinski definition) is 1. The van der Waals surface area contributed by atoms with Crippen molar-refractivity contribution in [1.29, 1.82) is 0 Å². The number of hydrogen-bond acceptors (Lipinski definition) is 7. The molecule has 8 heteroatoms. The quantitative estimate of drug-likeness (QED) is 0.609. The van der Waals surface area contributed by atoms with Crippen molar-refractivity contribution in [2.75, 3.05) is 6.54 Å². The van der Waals surface area contributed by atoms with Crippen molar-refractivity contribution in [3.63, 3.8) is 0 Å². The molecule has 1 saturated heterocycles. The molecule has 0 spiro atoms. The van der Waals surface area contributed by atoms with E-state index in [0.717, 1.165) is 5.56 Å². The van der Waals surface area contributed by atoms with Gasteiger partial charge in [0.25, 0.3) is 5.79 Å². The van der Waals surface area contributed by atoms with Crippen molar-refractivity contribution in [3.8, 4) is 0 Å². The lowest BCUT2D eigenvalue weighted by molar-refractivity contribution is -0.238. The van der Waals surface area contributed by atoms with Gasteiger partial charge in [-0.25, -0.2) is 4.79 Å². The van der Waals surface area contributed by atoms with E-state index in [1.54, 1.807) is 12.1 Å². The zero-order chi connectivity index (χ0) is 18.4. The van der Waals surface area contributed by atoms with Gasteiger partial charge >= 0.3 is 18.0 Å². The predicted molar refractivity (Wildman–Crippen MR) is 84.0 cm³/mol. The fourth-order valence-corrected chi connectivity index (χ4v) is 2.19. The molecule has 0 atom stereocenters. The van der Waals surface area contributed by atoms with E-state index in [1.165, 1.54) is 13.8 Å². The molecule has 1 fully saturated rings. The van der Waals surface area contributed by atoms with Gasteiger partial charge in [-0.1, -0.05) is 30.3 Å². The Balaban J connectivity index is 1.74. The third-order valence-electron chi connectivity index (χ3n) is 3.34. The topological polar surface area (TPSA) is 108 Å². The van der Waals surface area contributed by atoms with Crippen LogP contribution >= 0.6 is 0 Å². The van der Waals surface area contributed by atoms with E-state index in [0.29, 0.717) is 0 Å². The van der Waals surface area contributed by atoms with E-state index in [2.05, 4.69) is 5.32 Å². The minimum atomic E-state index is -1.62. The molecule has 0 radical (unpaired) electrons. The lowest BCUT2D eigenvalue weighted by Gasteiger charge is -2.32. The number of amides is 1. The number of alkyl carbamates (subject to hydrolysis) is 1. The van der Waals surface area contributed by atoms with Crippen LogP contribution in [0.2, 0.25) is 0 Å². The summed E-state index contributed by atoms with van der Waals surface area (Å²) in [5.41, 5.74) is 0.823. The Kier molecular flexibility index (Phi) is 5.74. The number of rotatable bonds is 6. The fraction of sp³-hybridized carbons (Fsp3) is 0.412. The Bertz CT molecular complexity index is 649. The molecular formula is C17H19NO7. The van der Waals surface area contributed by atoms with E-state index >= 15 is 0 Å². The molecule has 1 heterocycles. The molecule has 25 heavy (non-hydrogen) atoms. The van der Waals surface area contributed by atoms with Crippen molar-refractivity contribution < 1.29 is 33.4 Å². The molecule has 1 N–H and O–H groups in total. The Morgan fingerprint density at radius 1 is 1.12 bits per heavy atom. The molecule has 0 aliphatic carbocycles. The maximum atomic E-state index is 12.0. The second-order valence-corrected chi connectivity index (χ2v) is 5.88. The number of benzene rings is 1. The first-order valence-electron chi connectivity index (χ1n) is 7.71. The second kappa shape index (κ2) is 7.78. The van der Waals surface area contributed by atoms with E-state index in [4.69, 9.17) is 14.2 Å². The third-order valence-corrected chi connectivity index (χ3v) is 3.34. The number of Topliss-reactive ketones (excluding diaryl/α,β-unsaturated/α-hetero) is 1. The van der Waals surface area contributed by atoms with Crippen LogP contribution in [0.3, 0.4) is 0 Å². The molecular weight excluding hydrogens is 330 g/mol. The van der Waals surface area contributed by atoms with Crippen LogP contribution in [0.1, 0.15) is 25.8 Å². The molecule has 0 bridgehead atoms. The second-order valence-electron chi connectivity index (χ2n) is 5.88. The molecule has 1 aromatic carbocycles. The average molecular weight is 349 g/mol. The summed E-state index contributed by atoms with van der Waals surface area (Å²) in [6, 6.07) is 9.09. The first-order chi connectivity index (χ1) is 11.8. The lowest BCUT2D eigenvalue weighted by atomic mass is 10.0. The highest BCUT2D eigenvalue weighted by atomic mass is 16.7. The van der Waals surface area contributed by atoms with Crippen molar-refractivity contribution >= 4 is 23.8 Å². The van der Waals surface area contributed by atoms with Gasteiger partial charge in [0.05, 0.1) is 0 Å². The molecule has 0 saturated carbocycles. The summed E-state index contributed by atoms with van der Waals surface area (Å²) < 4.78 is 14.7. The first kappa shape index (κ1) is 18.4. The first-order valence-corrected chi connectivity index (χ1v) is 7.71. The summed E-state index contributed by atoms with van der Waals surface area (Å²) in [6.07, 6.45) is -0.929. The van der Waals surface area contributed by atoms with Gasteiger partial charge in [-0.2, -0.15) is 0 Å². The molecule has 1 aliphatic rings. The number of carbonyl (C=O) groups is 4. The highest BCUT2D eigenvalue weighted by molar-refractivity contribution is 6.15. The number of cyclic esters (lactones) is 2. The van der Waals surface area contributed by atoms with E-state index in [1.807, 2.05) is 18.2 Å². The minimum Gasteiger partial charge on any atom is -0.445 e. The molecule has 0 aromatic heterocycles. The van der Waals surface area contributed by atoms with Gasteiger partial charge in [0.15, 0.2) is 5.78 Å². The Hall–Kier alpha value is -2.90. The average Bonchev–Trinajstić information content (AvgIpc) is 2.52. The SMILES string of the molecule is CC1(C)OC(=O)C(C(=O)CCNC(=O)OCc2ccccc2)C(=O)O1. The van der Waals surface area contributed by atoms with Crippen LogP contribution in [0.4, 0.5) is 4.79 Å². The summed E-state index contributed by atoms with van der Waals surface area (Å²) in [4.78, 5) is 47.1. The number of ether oxygens (including phenoxy) is 3. The zero-order valence-electron chi connectivity index (χ0n) is 13.9. The van der Waals surface area contributed by atoms with Crippen molar-refractivity contribution in [2.24, 2.45) is 5.92 Å². The lowest BCUT2D eigenvalue weighted by Crippen LogP contribution is -2.49. The van der Waals surface area contributed by atoms with E-state index < -0.39 is 35.5 Å². The molecule has 1 aliphatic heterocycles. The van der Waals surface area contributed by atoms with E-state index in [-0.39, 0.29) is 19.6 Å². The molecule has 1 amide bonds. The smallest absolute Gasteiger partial charge is 0.407 e. The van der Waals surface area contributed by atoms with Gasteiger partial charge in [0, 0.05) is 26.8 Å². The number of esters is 2. The van der Waals surface area contributed by atoms with Crippen LogP contribution in [-0.4, -0.2) is 36.1 Å². The summed E-state index contributed by atoms with van der Waals surface area (Å²) in [5.74, 6) is -5.58. The molecule has 0 unspecified atom stereocenters. The molecule has 2 rings (SSSR count). The summed E-state index contributed by atoms with van der Waals surface area (Å²) in [6.45, 7) is 2.81. The van der Waals surface area contributed by atoms with Gasteiger partial charge in [-0.15, -0.1) is 0 Å². The maximum Gasteiger partial charge on any atom is 0.407 e. The van der Waals surface area contributed by atoms with Crippen LogP contribution in [0.25, 0.3) is 0 Å². The monoisotopic (exact) mass is 349 g/mol. The summed E-state index contributed by atoms with van der Waals surface area (Å²) in [7, 11) is 0. The summed E-state index contributed by atoms with van der Waals surface area (Å²) >= 11 is 0. The highest BCUT2D eigenvalue weighted by Gasteiger charge is 2.46. The third kappa shape index (κ3) is 5.30. The highest BCUT2D eigenvalue weighted by Crippen LogP contribution is 2.24. The van der Waals surface area contributed by atoms with Crippen LogP contribution in [-0.2, 0) is 35.2 Å². The van der Waals surface area contributed by atoms with Crippen molar-refractivity contribution in [1.82, 2.24) is 5.32 Å². The van der Waals surface area contributed by atoms with Crippen molar-refractivity contribution in [3.05, 3.63) is 35.9 Å². The van der Waals surface area contributed by atoms with Gasteiger partial charge in [0.2, 0.25) is 5.92 Å². The van der Waals surface area contributed by atoms with Crippen LogP contribution in [0.15, 0.2) is 30.3 Å². The minimum absolute atomic E-state index is 0.0765. The largest absolute Gasteiger partial charge is 0.445 e. The molecule has 8 nitrogen and oxygen atoms in total. The van der Waals surface area contributed by atoms with E-state index in [9.17, 15) is 19.2 Å². The number of nitrogens with one attached hydrogen (secondary N) is 1. The number of carbonyl (C=O) groups excluding carboxylic acids is 4. The molecule has 134 valence electrons. The van der Waals surface area contributed by atoms with Gasteiger partial charge in [-0.05, 0) is 5.56 Å². The maximum absolute atomic E-state index is 12.0. The fourth-order valence-electron chi connectivity index (χ4n) is 2.19. The molecule has 1 aromatic rings. The van der Waals surface area contributed by atoms with Crippen LogP contribution in [0.5, 0.6) is 0 Å². The zero-order valence-corrected chi connectivity index (χ0v) is 13.9. The Morgan fingerprint density at radius 2 is 1.72 bits per heavy atom. The van der Waals surface area contributed by atoms with Gasteiger partial charge < -0.3 is 19.5 Å². The standard InChI is InChI=1S/C17H19NO7/c1-17(2)24-14(20)13(15(21)25-17)12(19)8-9-18-16(22)23-10-11-6-4-3-5-7-11/h3-7,13H,8-10H2,1-2H3,(H,18,22). The Labute approximate surface area is 144 Å². The number of ketones is 1. The van der Waals surface area contributed by atoms with Gasteiger partial charge in [0.1, 0.15) is 6.61 Å². The normalized spacial score (nSPS) is 16.6.